The van der Waals surface area contributed by atoms with Crippen LogP contribution < -0.4 is 5.32 Å². The quantitative estimate of drug-likeness (QED) is 0.785. The molecule has 1 nitrogen and oxygen atoms in total. The molecule has 1 aromatic rings. The molecular weight excluding hydrogens is 184 g/mol. The van der Waals surface area contributed by atoms with Gasteiger partial charge in [0.05, 0.1) is 0 Å². The molecule has 1 unspecified atom stereocenters. The Hall–Kier alpha value is -0.960. The van der Waals surface area contributed by atoms with Crippen molar-refractivity contribution in [3.63, 3.8) is 0 Å². The average Bonchev–Trinajstić information content (AvgIpc) is 2.93. The maximum atomic E-state index is 13.3. The largest absolute Gasteiger partial charge is 0.307 e. The molecule has 0 aromatic heterocycles. The second-order valence-corrected chi connectivity index (χ2v) is 3.81. The number of hydrogen-bond acceptors (Lipinski definition) is 1. The highest BCUT2D eigenvalue weighted by molar-refractivity contribution is 5.22. The van der Waals surface area contributed by atoms with Gasteiger partial charge in [-0.2, -0.15) is 0 Å². The van der Waals surface area contributed by atoms with Gasteiger partial charge in [0.1, 0.15) is 0 Å². The maximum Gasteiger partial charge on any atom is 0.163 e. The summed E-state index contributed by atoms with van der Waals surface area (Å²) in [5.41, 5.74) is 0.414. The third-order valence-corrected chi connectivity index (χ3v) is 2.51. The van der Waals surface area contributed by atoms with E-state index in [1.54, 1.807) is 12.1 Å². The van der Waals surface area contributed by atoms with Crippen LogP contribution in [0.2, 0.25) is 0 Å². The van der Waals surface area contributed by atoms with Crippen LogP contribution >= 0.6 is 0 Å². The Morgan fingerprint density at radius 1 is 1.36 bits per heavy atom. The zero-order valence-corrected chi connectivity index (χ0v) is 8.06. The van der Waals surface area contributed by atoms with Crippen molar-refractivity contribution in [2.24, 2.45) is 0 Å². The van der Waals surface area contributed by atoms with Gasteiger partial charge < -0.3 is 5.32 Å². The Morgan fingerprint density at radius 2 is 2.07 bits per heavy atom. The molecule has 1 aromatic carbocycles. The van der Waals surface area contributed by atoms with Crippen molar-refractivity contribution >= 4 is 0 Å². The van der Waals surface area contributed by atoms with Crippen LogP contribution in [0.4, 0.5) is 8.78 Å². The molecule has 0 aliphatic heterocycles. The van der Waals surface area contributed by atoms with Gasteiger partial charge in [-0.1, -0.05) is 12.1 Å². The fraction of sp³-hybridized carbons (Fsp3) is 0.455. The first-order valence-electron chi connectivity index (χ1n) is 4.88. The van der Waals surface area contributed by atoms with Crippen molar-refractivity contribution in [1.82, 2.24) is 5.32 Å². The minimum atomic E-state index is -0.771. The van der Waals surface area contributed by atoms with E-state index in [1.807, 2.05) is 6.92 Å². The summed E-state index contributed by atoms with van der Waals surface area (Å²) in [6.07, 6.45) is 2.28. The molecule has 1 atom stereocenters. The van der Waals surface area contributed by atoms with Gasteiger partial charge in [-0.25, -0.2) is 8.78 Å². The molecule has 0 heterocycles. The van der Waals surface area contributed by atoms with E-state index in [-0.39, 0.29) is 6.04 Å². The van der Waals surface area contributed by atoms with E-state index in [2.05, 4.69) is 5.32 Å². The zero-order valence-electron chi connectivity index (χ0n) is 8.06. The number of nitrogens with one attached hydrogen (secondary N) is 1. The first-order valence-corrected chi connectivity index (χ1v) is 4.88. The fourth-order valence-electron chi connectivity index (χ4n) is 1.55. The molecular formula is C11H13F2N. The molecule has 1 aliphatic carbocycles. The molecule has 1 N–H and O–H groups in total. The van der Waals surface area contributed by atoms with Gasteiger partial charge in [0.25, 0.3) is 0 Å². The van der Waals surface area contributed by atoms with Crippen LogP contribution in [0, 0.1) is 11.6 Å². The van der Waals surface area contributed by atoms with E-state index >= 15 is 0 Å². The first kappa shape index (κ1) is 9.59. The highest BCUT2D eigenvalue weighted by Crippen LogP contribution is 2.25. The normalized spacial score (nSPS) is 18.2. The summed E-state index contributed by atoms with van der Waals surface area (Å²) in [7, 11) is 0. The van der Waals surface area contributed by atoms with Gasteiger partial charge in [-0.15, -0.1) is 0 Å². The SMILES string of the molecule is CC(NC1CC1)c1cccc(F)c1F. The lowest BCUT2D eigenvalue weighted by Gasteiger charge is -2.14. The van der Waals surface area contributed by atoms with Gasteiger partial charge in [0, 0.05) is 17.6 Å². The number of halogens is 2. The second-order valence-electron chi connectivity index (χ2n) is 3.81. The Labute approximate surface area is 82.1 Å². The van der Waals surface area contributed by atoms with Gasteiger partial charge >= 0.3 is 0 Å². The molecule has 2 rings (SSSR count). The topological polar surface area (TPSA) is 12.0 Å². The molecule has 0 saturated heterocycles. The van der Waals surface area contributed by atoms with E-state index in [9.17, 15) is 8.78 Å². The van der Waals surface area contributed by atoms with Crippen LogP contribution in [-0.2, 0) is 0 Å². The van der Waals surface area contributed by atoms with E-state index in [0.29, 0.717) is 11.6 Å². The van der Waals surface area contributed by atoms with Crippen molar-refractivity contribution in [1.29, 1.82) is 0 Å². The van der Waals surface area contributed by atoms with E-state index < -0.39 is 11.6 Å². The van der Waals surface area contributed by atoms with Crippen LogP contribution in [0.3, 0.4) is 0 Å². The Morgan fingerprint density at radius 3 is 2.71 bits per heavy atom. The maximum absolute atomic E-state index is 13.3. The van der Waals surface area contributed by atoms with E-state index in [1.165, 1.54) is 0 Å². The van der Waals surface area contributed by atoms with Gasteiger partial charge in [-0.3, -0.25) is 0 Å². The highest BCUT2D eigenvalue weighted by atomic mass is 19.2. The predicted octanol–water partition coefficient (Wildman–Crippen LogP) is 2.78. The highest BCUT2D eigenvalue weighted by Gasteiger charge is 2.24. The minimum Gasteiger partial charge on any atom is -0.307 e. The molecule has 1 aliphatic rings. The fourth-order valence-corrected chi connectivity index (χ4v) is 1.55. The smallest absolute Gasteiger partial charge is 0.163 e. The third-order valence-electron chi connectivity index (χ3n) is 2.51. The number of hydrogen-bond donors (Lipinski definition) is 1. The summed E-state index contributed by atoms with van der Waals surface area (Å²) < 4.78 is 26.2. The molecule has 1 saturated carbocycles. The summed E-state index contributed by atoms with van der Waals surface area (Å²) in [5.74, 6) is -1.50. The molecule has 14 heavy (non-hydrogen) atoms. The molecule has 0 amide bonds. The zero-order chi connectivity index (χ0) is 10.1. The lowest BCUT2D eigenvalue weighted by atomic mass is 10.1. The van der Waals surface area contributed by atoms with Crippen LogP contribution in [0.1, 0.15) is 31.4 Å². The first-order chi connectivity index (χ1) is 6.68. The van der Waals surface area contributed by atoms with Crippen molar-refractivity contribution in [2.75, 3.05) is 0 Å². The number of rotatable bonds is 3. The summed E-state index contributed by atoms with van der Waals surface area (Å²) in [6.45, 7) is 1.86. The van der Waals surface area contributed by atoms with Crippen molar-refractivity contribution < 1.29 is 8.78 Å². The molecule has 76 valence electrons. The monoisotopic (exact) mass is 197 g/mol. The lowest BCUT2D eigenvalue weighted by molar-refractivity contribution is 0.472. The van der Waals surface area contributed by atoms with Crippen LogP contribution in [0.25, 0.3) is 0 Å². The molecule has 3 heteroatoms. The van der Waals surface area contributed by atoms with Crippen molar-refractivity contribution in [3.05, 3.63) is 35.4 Å². The summed E-state index contributed by atoms with van der Waals surface area (Å²) >= 11 is 0. The Kier molecular flexibility index (Phi) is 2.50. The van der Waals surface area contributed by atoms with Crippen molar-refractivity contribution in [2.45, 2.75) is 31.8 Å². The van der Waals surface area contributed by atoms with Crippen molar-refractivity contribution in [3.8, 4) is 0 Å². The van der Waals surface area contributed by atoms with Crippen LogP contribution in [-0.4, -0.2) is 6.04 Å². The molecule has 0 radical (unpaired) electrons. The van der Waals surface area contributed by atoms with Crippen LogP contribution in [0.5, 0.6) is 0 Å². The van der Waals surface area contributed by atoms with Gasteiger partial charge in [0.15, 0.2) is 11.6 Å². The Bertz CT molecular complexity index is 334. The van der Waals surface area contributed by atoms with Gasteiger partial charge in [-0.05, 0) is 25.8 Å². The summed E-state index contributed by atoms with van der Waals surface area (Å²) in [4.78, 5) is 0. The molecule has 0 spiro atoms. The van der Waals surface area contributed by atoms with E-state index in [4.69, 9.17) is 0 Å². The average molecular weight is 197 g/mol. The lowest BCUT2D eigenvalue weighted by Crippen LogP contribution is -2.21. The van der Waals surface area contributed by atoms with E-state index in [0.717, 1.165) is 18.9 Å². The standard InChI is InChI=1S/C11H13F2N/c1-7(14-8-5-6-8)9-3-2-4-10(12)11(9)13/h2-4,7-8,14H,5-6H2,1H3. The predicted molar refractivity (Wildman–Crippen MR) is 50.9 cm³/mol. The summed E-state index contributed by atoms with van der Waals surface area (Å²) in [5, 5.41) is 3.23. The summed E-state index contributed by atoms with van der Waals surface area (Å²) in [6, 6.07) is 4.69. The van der Waals surface area contributed by atoms with Crippen LogP contribution in [0.15, 0.2) is 18.2 Å². The number of benzene rings is 1. The second kappa shape index (κ2) is 3.65. The molecule has 1 fully saturated rings. The molecule has 0 bridgehead atoms. The third kappa shape index (κ3) is 1.93. The Balaban J connectivity index is 2.16. The minimum absolute atomic E-state index is 0.113. The van der Waals surface area contributed by atoms with Gasteiger partial charge in [0.2, 0.25) is 0 Å².